The monoisotopic (exact) mass is 445 g/mol. The summed E-state index contributed by atoms with van der Waals surface area (Å²) in [5, 5.41) is 3.13. The van der Waals surface area contributed by atoms with Gasteiger partial charge in [0, 0.05) is 29.3 Å². The number of nitrogens with one attached hydrogen (secondary N) is 3. The van der Waals surface area contributed by atoms with E-state index in [0.29, 0.717) is 18.7 Å². The lowest BCUT2D eigenvalue weighted by molar-refractivity contribution is 0.0625. The van der Waals surface area contributed by atoms with Crippen molar-refractivity contribution in [2.75, 3.05) is 17.9 Å². The highest BCUT2D eigenvalue weighted by atomic mass is 32.2. The number of halogens is 1. The van der Waals surface area contributed by atoms with E-state index in [4.69, 9.17) is 4.74 Å². The molecule has 1 aliphatic rings. The molecule has 1 saturated heterocycles. The van der Waals surface area contributed by atoms with Gasteiger partial charge in [0.1, 0.15) is 5.82 Å². The lowest BCUT2D eigenvalue weighted by Crippen LogP contribution is -2.41. The Hall–Kier alpha value is -3.24. The van der Waals surface area contributed by atoms with Gasteiger partial charge in [-0.3, -0.25) is 14.3 Å². The number of sulfonamides is 1. The normalized spacial score (nSPS) is 16.7. The van der Waals surface area contributed by atoms with Gasteiger partial charge in [-0.15, -0.1) is 0 Å². The van der Waals surface area contributed by atoms with Crippen LogP contribution in [0.5, 0.6) is 0 Å². The standard InChI is InChI=1S/C21H20FN3O5S/c22-13-3-5-14(6-4-13)25-31(28,29)16-7-8-19-17(10-16)18(11-20(26)24-19)21(27)23-15-2-1-9-30-12-15/h3-8,10-11,15,25H,1-2,9,12H2,(H,23,27)(H,24,26). The van der Waals surface area contributed by atoms with Crippen molar-refractivity contribution in [2.24, 2.45) is 0 Å². The van der Waals surface area contributed by atoms with Crippen LogP contribution in [0.3, 0.4) is 0 Å². The van der Waals surface area contributed by atoms with Crippen LogP contribution in [0.15, 0.2) is 58.2 Å². The molecule has 4 rings (SSSR count). The van der Waals surface area contributed by atoms with Gasteiger partial charge in [-0.05, 0) is 55.3 Å². The van der Waals surface area contributed by atoms with E-state index in [1.807, 2.05) is 0 Å². The molecule has 8 nitrogen and oxygen atoms in total. The maximum absolute atomic E-state index is 13.1. The van der Waals surface area contributed by atoms with Crippen molar-refractivity contribution < 1.29 is 22.3 Å². The Labute approximate surface area is 177 Å². The van der Waals surface area contributed by atoms with Crippen molar-refractivity contribution in [3.05, 3.63) is 70.3 Å². The highest BCUT2D eigenvalue weighted by Crippen LogP contribution is 2.23. The van der Waals surface area contributed by atoms with Gasteiger partial charge in [-0.2, -0.15) is 0 Å². The third kappa shape index (κ3) is 4.75. The lowest BCUT2D eigenvalue weighted by Gasteiger charge is -2.23. The fourth-order valence-electron chi connectivity index (χ4n) is 3.44. The van der Waals surface area contributed by atoms with E-state index >= 15 is 0 Å². The molecule has 31 heavy (non-hydrogen) atoms. The average molecular weight is 445 g/mol. The Balaban J connectivity index is 1.69. The van der Waals surface area contributed by atoms with Crippen LogP contribution in [0.1, 0.15) is 23.2 Å². The Morgan fingerprint density at radius 3 is 2.61 bits per heavy atom. The third-order valence-corrected chi connectivity index (χ3v) is 6.34. The number of anilines is 1. The maximum atomic E-state index is 13.1. The number of ether oxygens (including phenoxy) is 1. The minimum atomic E-state index is -4.01. The minimum Gasteiger partial charge on any atom is -0.379 e. The van der Waals surface area contributed by atoms with Crippen molar-refractivity contribution >= 4 is 32.5 Å². The quantitative estimate of drug-likeness (QED) is 0.557. The van der Waals surface area contributed by atoms with E-state index in [1.165, 1.54) is 30.3 Å². The zero-order valence-electron chi connectivity index (χ0n) is 16.4. The topological polar surface area (TPSA) is 117 Å². The van der Waals surface area contributed by atoms with Crippen LogP contribution in [-0.4, -0.2) is 38.6 Å². The molecule has 2 heterocycles. The van der Waals surface area contributed by atoms with Crippen LogP contribution in [-0.2, 0) is 14.8 Å². The number of pyridine rings is 1. The summed E-state index contributed by atoms with van der Waals surface area (Å²) < 4.78 is 46.4. The van der Waals surface area contributed by atoms with Crippen molar-refractivity contribution in [1.82, 2.24) is 10.3 Å². The number of benzene rings is 2. The van der Waals surface area contributed by atoms with E-state index < -0.39 is 27.3 Å². The zero-order valence-corrected chi connectivity index (χ0v) is 17.2. The van der Waals surface area contributed by atoms with Crippen molar-refractivity contribution in [2.45, 2.75) is 23.8 Å². The Morgan fingerprint density at radius 1 is 1.13 bits per heavy atom. The van der Waals surface area contributed by atoms with Gasteiger partial charge in [0.05, 0.1) is 23.1 Å². The van der Waals surface area contributed by atoms with E-state index in [0.717, 1.165) is 31.0 Å². The first-order chi connectivity index (χ1) is 14.8. The molecule has 2 aromatic carbocycles. The zero-order chi connectivity index (χ0) is 22.0. The number of amides is 1. The Bertz CT molecular complexity index is 1280. The number of aromatic amines is 1. The van der Waals surface area contributed by atoms with Gasteiger partial charge in [-0.1, -0.05) is 0 Å². The molecule has 1 aromatic heterocycles. The molecular weight excluding hydrogens is 425 g/mol. The highest BCUT2D eigenvalue weighted by molar-refractivity contribution is 7.92. The predicted octanol–water partition coefficient (Wildman–Crippen LogP) is 2.38. The number of H-pyrrole nitrogens is 1. The van der Waals surface area contributed by atoms with Crippen LogP contribution < -0.4 is 15.6 Å². The van der Waals surface area contributed by atoms with Crippen LogP contribution >= 0.6 is 0 Å². The summed E-state index contributed by atoms with van der Waals surface area (Å²) in [6.45, 7) is 1.02. The molecule has 0 spiro atoms. The molecule has 10 heteroatoms. The molecule has 1 amide bonds. The molecule has 0 aliphatic carbocycles. The predicted molar refractivity (Wildman–Crippen MR) is 113 cm³/mol. The van der Waals surface area contributed by atoms with Gasteiger partial charge < -0.3 is 15.0 Å². The molecule has 3 aromatic rings. The van der Waals surface area contributed by atoms with Gasteiger partial charge in [0.15, 0.2) is 0 Å². The van der Waals surface area contributed by atoms with Gasteiger partial charge >= 0.3 is 0 Å². The number of rotatable bonds is 5. The smallest absolute Gasteiger partial charge is 0.261 e. The summed E-state index contributed by atoms with van der Waals surface area (Å²) in [5.74, 6) is -0.968. The molecule has 1 aliphatic heterocycles. The second-order valence-corrected chi connectivity index (χ2v) is 8.94. The summed E-state index contributed by atoms with van der Waals surface area (Å²) in [7, 11) is -4.01. The molecule has 1 unspecified atom stereocenters. The summed E-state index contributed by atoms with van der Waals surface area (Å²) in [5.41, 5.74) is 0.122. The van der Waals surface area contributed by atoms with Crippen LogP contribution in [0.4, 0.5) is 10.1 Å². The van der Waals surface area contributed by atoms with Gasteiger partial charge in [0.25, 0.3) is 15.9 Å². The fraction of sp³-hybridized carbons (Fsp3) is 0.238. The van der Waals surface area contributed by atoms with E-state index in [-0.39, 0.29) is 27.6 Å². The number of carbonyl (C=O) groups excluding carboxylic acids is 1. The van der Waals surface area contributed by atoms with E-state index in [9.17, 15) is 22.4 Å². The second-order valence-electron chi connectivity index (χ2n) is 7.25. The fourth-order valence-corrected chi connectivity index (χ4v) is 4.52. The van der Waals surface area contributed by atoms with E-state index in [1.54, 1.807) is 0 Å². The Morgan fingerprint density at radius 2 is 1.90 bits per heavy atom. The highest BCUT2D eigenvalue weighted by Gasteiger charge is 2.21. The van der Waals surface area contributed by atoms with Crippen LogP contribution in [0.2, 0.25) is 0 Å². The largest absolute Gasteiger partial charge is 0.379 e. The first-order valence-electron chi connectivity index (χ1n) is 9.66. The maximum Gasteiger partial charge on any atom is 0.261 e. The van der Waals surface area contributed by atoms with Crippen molar-refractivity contribution in [3.63, 3.8) is 0 Å². The number of aromatic nitrogens is 1. The molecule has 3 N–H and O–H groups in total. The van der Waals surface area contributed by atoms with Gasteiger partial charge in [-0.25, -0.2) is 12.8 Å². The Kier molecular flexibility index (Phi) is 5.75. The van der Waals surface area contributed by atoms with Gasteiger partial charge in [0.2, 0.25) is 5.56 Å². The summed E-state index contributed by atoms with van der Waals surface area (Å²) in [6, 6.07) is 9.92. The van der Waals surface area contributed by atoms with Crippen molar-refractivity contribution in [3.8, 4) is 0 Å². The van der Waals surface area contributed by atoms with Crippen molar-refractivity contribution in [1.29, 1.82) is 0 Å². The first-order valence-corrected chi connectivity index (χ1v) is 11.1. The number of carbonyl (C=O) groups is 1. The number of hydrogen-bond acceptors (Lipinski definition) is 5. The molecule has 1 atom stereocenters. The molecular formula is C21H20FN3O5S. The van der Waals surface area contributed by atoms with Crippen LogP contribution in [0.25, 0.3) is 10.9 Å². The number of fused-ring (bicyclic) bond motifs is 1. The third-order valence-electron chi connectivity index (χ3n) is 4.96. The molecule has 162 valence electrons. The minimum absolute atomic E-state index is 0.0724. The number of hydrogen-bond donors (Lipinski definition) is 3. The summed E-state index contributed by atoms with van der Waals surface area (Å²) in [4.78, 5) is 27.4. The summed E-state index contributed by atoms with van der Waals surface area (Å²) >= 11 is 0. The molecule has 0 bridgehead atoms. The van der Waals surface area contributed by atoms with E-state index in [2.05, 4.69) is 15.0 Å². The molecule has 0 radical (unpaired) electrons. The molecule has 1 fully saturated rings. The first kappa shape index (κ1) is 21.0. The summed E-state index contributed by atoms with van der Waals surface area (Å²) in [6.07, 6.45) is 1.58. The average Bonchev–Trinajstić information content (AvgIpc) is 2.75. The second kappa shape index (κ2) is 8.48. The van der Waals surface area contributed by atoms with Crippen LogP contribution in [0, 0.1) is 5.82 Å². The molecule has 0 saturated carbocycles. The lowest BCUT2D eigenvalue weighted by atomic mass is 10.1. The SMILES string of the molecule is O=C(NC1CCCOC1)c1cc(=O)[nH]c2ccc(S(=O)(=O)Nc3ccc(F)cc3)cc12.